The SMILES string of the molecule is COc1ccc(OC)c(/C=C2/SC(=S)N(NC(=O)Nc3ccc(Cl)c(Cl)c3)C2=O)c1. The first-order chi connectivity index (χ1) is 14.3. The van der Waals surface area contributed by atoms with Crippen molar-refractivity contribution in [2.45, 2.75) is 0 Å². The molecule has 2 aromatic carbocycles. The predicted molar refractivity (Wildman–Crippen MR) is 123 cm³/mol. The third-order valence-electron chi connectivity index (χ3n) is 3.91. The van der Waals surface area contributed by atoms with Crippen LogP contribution in [0.25, 0.3) is 6.08 Å². The number of thioether (sulfide) groups is 1. The monoisotopic (exact) mass is 483 g/mol. The molecule has 3 rings (SSSR count). The van der Waals surface area contributed by atoms with E-state index in [0.717, 1.165) is 16.8 Å². The van der Waals surface area contributed by atoms with E-state index in [2.05, 4.69) is 10.7 Å². The van der Waals surface area contributed by atoms with Crippen LogP contribution in [0.3, 0.4) is 0 Å². The topological polar surface area (TPSA) is 79.9 Å². The Bertz CT molecular complexity index is 1060. The maximum Gasteiger partial charge on any atom is 0.338 e. The number of halogens is 2. The number of nitrogens with one attached hydrogen (secondary N) is 2. The van der Waals surface area contributed by atoms with Crippen LogP contribution >= 0.6 is 47.2 Å². The van der Waals surface area contributed by atoms with Gasteiger partial charge in [-0.2, -0.15) is 5.01 Å². The molecule has 0 atom stereocenters. The van der Waals surface area contributed by atoms with Gasteiger partial charge in [-0.1, -0.05) is 35.0 Å². The summed E-state index contributed by atoms with van der Waals surface area (Å²) >= 11 is 18.1. The van der Waals surface area contributed by atoms with Crippen molar-refractivity contribution in [1.82, 2.24) is 10.4 Å². The summed E-state index contributed by atoms with van der Waals surface area (Å²) in [5, 5.41) is 4.20. The molecular formula is C19H15Cl2N3O4S2. The normalized spacial score (nSPS) is 14.8. The van der Waals surface area contributed by atoms with E-state index in [1.165, 1.54) is 13.2 Å². The van der Waals surface area contributed by atoms with E-state index in [1.54, 1.807) is 43.5 Å². The molecule has 11 heteroatoms. The molecule has 2 aromatic rings. The predicted octanol–water partition coefficient (Wildman–Crippen LogP) is 4.95. The summed E-state index contributed by atoms with van der Waals surface area (Å²) in [5.41, 5.74) is 3.47. The number of carbonyl (C=O) groups is 2. The Balaban J connectivity index is 1.75. The first-order valence-corrected chi connectivity index (χ1v) is 10.3. The van der Waals surface area contributed by atoms with Crippen molar-refractivity contribution in [3.05, 3.63) is 56.9 Å². The zero-order chi connectivity index (χ0) is 21.8. The number of methoxy groups -OCH3 is 2. The van der Waals surface area contributed by atoms with Crippen LogP contribution in [0.1, 0.15) is 5.56 Å². The molecule has 0 saturated carbocycles. The third kappa shape index (κ3) is 4.99. The number of benzene rings is 2. The second-order valence-electron chi connectivity index (χ2n) is 5.82. The van der Waals surface area contributed by atoms with Crippen LogP contribution in [-0.4, -0.2) is 35.5 Å². The molecule has 1 heterocycles. The molecule has 2 N–H and O–H groups in total. The number of hydrogen-bond donors (Lipinski definition) is 2. The quantitative estimate of drug-likeness (QED) is 0.462. The fourth-order valence-corrected chi connectivity index (χ4v) is 3.96. The number of hydrazine groups is 1. The Morgan fingerprint density at radius 2 is 1.90 bits per heavy atom. The van der Waals surface area contributed by atoms with Crippen LogP contribution in [0.4, 0.5) is 10.5 Å². The van der Waals surface area contributed by atoms with Crippen LogP contribution in [-0.2, 0) is 4.79 Å². The summed E-state index contributed by atoms with van der Waals surface area (Å²) in [6.45, 7) is 0. The highest BCUT2D eigenvalue weighted by Gasteiger charge is 2.34. The first kappa shape index (κ1) is 22.2. The van der Waals surface area contributed by atoms with Gasteiger partial charge in [-0.3, -0.25) is 4.79 Å². The van der Waals surface area contributed by atoms with E-state index in [4.69, 9.17) is 44.9 Å². The molecule has 0 unspecified atom stereocenters. The molecule has 7 nitrogen and oxygen atoms in total. The van der Waals surface area contributed by atoms with Gasteiger partial charge < -0.3 is 14.8 Å². The van der Waals surface area contributed by atoms with Crippen LogP contribution in [0.5, 0.6) is 11.5 Å². The Hall–Kier alpha value is -2.46. The lowest BCUT2D eigenvalue weighted by atomic mass is 10.1. The molecule has 0 aromatic heterocycles. The number of urea groups is 1. The molecule has 1 fully saturated rings. The number of amides is 3. The van der Waals surface area contributed by atoms with Crippen LogP contribution in [0.2, 0.25) is 10.0 Å². The molecular weight excluding hydrogens is 469 g/mol. The van der Waals surface area contributed by atoms with Crippen molar-refractivity contribution in [3.8, 4) is 11.5 Å². The zero-order valence-electron chi connectivity index (χ0n) is 15.7. The van der Waals surface area contributed by atoms with Gasteiger partial charge in [-0.05, 0) is 54.7 Å². The van der Waals surface area contributed by atoms with Crippen molar-refractivity contribution in [3.63, 3.8) is 0 Å². The van der Waals surface area contributed by atoms with Crippen molar-refractivity contribution in [1.29, 1.82) is 0 Å². The summed E-state index contributed by atoms with van der Waals surface area (Å²) in [4.78, 5) is 25.4. The molecule has 1 saturated heterocycles. The van der Waals surface area contributed by atoms with Gasteiger partial charge >= 0.3 is 6.03 Å². The smallest absolute Gasteiger partial charge is 0.338 e. The van der Waals surface area contributed by atoms with Crippen LogP contribution < -0.4 is 20.2 Å². The van der Waals surface area contributed by atoms with Gasteiger partial charge in [0.15, 0.2) is 4.32 Å². The van der Waals surface area contributed by atoms with E-state index in [1.807, 2.05) is 0 Å². The summed E-state index contributed by atoms with van der Waals surface area (Å²) in [7, 11) is 3.07. The van der Waals surface area contributed by atoms with Gasteiger partial charge in [-0.15, -0.1) is 0 Å². The Labute approximate surface area is 192 Å². The highest BCUT2D eigenvalue weighted by molar-refractivity contribution is 8.26. The molecule has 156 valence electrons. The molecule has 30 heavy (non-hydrogen) atoms. The molecule has 0 radical (unpaired) electrons. The van der Waals surface area contributed by atoms with Crippen molar-refractivity contribution in [2.24, 2.45) is 0 Å². The number of rotatable bonds is 5. The highest BCUT2D eigenvalue weighted by Crippen LogP contribution is 2.34. The minimum absolute atomic E-state index is 0.178. The molecule has 0 spiro atoms. The lowest BCUT2D eigenvalue weighted by Crippen LogP contribution is -2.46. The molecule has 0 bridgehead atoms. The minimum atomic E-state index is -0.662. The Morgan fingerprint density at radius 3 is 2.57 bits per heavy atom. The second kappa shape index (κ2) is 9.57. The average molecular weight is 484 g/mol. The standard InChI is InChI=1S/C19H15Cl2N3O4S2/c1-27-12-4-6-15(28-2)10(7-12)8-16-17(25)24(19(29)30-16)23-18(26)22-11-3-5-13(20)14(21)9-11/h3-9H,1-2H3,(H2,22,23,26)/b16-8+. The van der Waals surface area contributed by atoms with E-state index in [9.17, 15) is 9.59 Å². The fourth-order valence-electron chi connectivity index (χ4n) is 2.49. The van der Waals surface area contributed by atoms with Gasteiger partial charge in [0, 0.05) is 11.3 Å². The third-order valence-corrected chi connectivity index (χ3v) is 5.95. The maximum atomic E-state index is 12.8. The maximum absolute atomic E-state index is 12.8. The zero-order valence-corrected chi connectivity index (χ0v) is 18.8. The van der Waals surface area contributed by atoms with E-state index < -0.39 is 11.9 Å². The summed E-state index contributed by atoms with van der Waals surface area (Å²) in [6.07, 6.45) is 1.62. The molecule has 3 amide bonds. The Kier molecular flexibility index (Phi) is 7.09. The van der Waals surface area contributed by atoms with E-state index in [-0.39, 0.29) is 9.34 Å². The van der Waals surface area contributed by atoms with Gasteiger partial charge in [0.25, 0.3) is 5.91 Å². The van der Waals surface area contributed by atoms with Crippen molar-refractivity contribution in [2.75, 3.05) is 19.5 Å². The highest BCUT2D eigenvalue weighted by atomic mass is 35.5. The molecule has 1 aliphatic rings. The number of thiocarbonyl (C=S) groups is 1. The average Bonchev–Trinajstić information content (AvgIpc) is 2.98. The number of nitrogens with zero attached hydrogens (tertiary/aromatic N) is 1. The first-order valence-electron chi connectivity index (χ1n) is 8.35. The summed E-state index contributed by atoms with van der Waals surface area (Å²) in [6, 6.07) is 9.16. The van der Waals surface area contributed by atoms with E-state index >= 15 is 0 Å². The number of carbonyl (C=O) groups excluding carboxylic acids is 2. The lowest BCUT2D eigenvalue weighted by molar-refractivity contribution is -0.123. The van der Waals surface area contributed by atoms with Gasteiger partial charge in [0.05, 0.1) is 29.2 Å². The van der Waals surface area contributed by atoms with Crippen molar-refractivity contribution < 1.29 is 19.1 Å². The van der Waals surface area contributed by atoms with Crippen LogP contribution in [0, 0.1) is 0 Å². The van der Waals surface area contributed by atoms with Crippen molar-refractivity contribution >= 4 is 75.2 Å². The second-order valence-corrected chi connectivity index (χ2v) is 8.31. The molecule has 1 aliphatic heterocycles. The van der Waals surface area contributed by atoms with Gasteiger partial charge in [0.1, 0.15) is 11.5 Å². The fraction of sp³-hybridized carbons (Fsp3) is 0.105. The van der Waals surface area contributed by atoms with E-state index in [0.29, 0.717) is 32.7 Å². The summed E-state index contributed by atoms with van der Waals surface area (Å²) in [5.74, 6) is 0.696. The lowest BCUT2D eigenvalue weighted by Gasteiger charge is -2.16. The minimum Gasteiger partial charge on any atom is -0.497 e. The van der Waals surface area contributed by atoms with Gasteiger partial charge in [0.2, 0.25) is 0 Å². The summed E-state index contributed by atoms with van der Waals surface area (Å²) < 4.78 is 10.7. The number of ether oxygens (including phenoxy) is 2. The number of anilines is 1. The van der Waals surface area contributed by atoms with Gasteiger partial charge in [-0.25, -0.2) is 10.2 Å². The number of hydrogen-bond acceptors (Lipinski definition) is 6. The largest absolute Gasteiger partial charge is 0.497 e. The Morgan fingerprint density at radius 1 is 1.13 bits per heavy atom. The van der Waals surface area contributed by atoms with Crippen LogP contribution in [0.15, 0.2) is 41.3 Å². The molecule has 0 aliphatic carbocycles.